The van der Waals surface area contributed by atoms with E-state index in [2.05, 4.69) is 33.4 Å². The molecule has 0 saturated carbocycles. The van der Waals surface area contributed by atoms with E-state index in [4.69, 9.17) is 0 Å². The van der Waals surface area contributed by atoms with Gasteiger partial charge in [-0.05, 0) is 24.1 Å². The second-order valence-electron chi connectivity index (χ2n) is 4.82. The van der Waals surface area contributed by atoms with Crippen LogP contribution in [0.1, 0.15) is 5.56 Å². The SMILES string of the molecule is CN(CCc1ccc(Br)cc1)C(=O)N1CCNCC1. The number of nitrogens with one attached hydrogen (secondary N) is 1. The molecule has 0 spiro atoms. The summed E-state index contributed by atoms with van der Waals surface area (Å²) in [5.74, 6) is 0. The number of hydrogen-bond donors (Lipinski definition) is 1. The molecule has 1 aliphatic heterocycles. The van der Waals surface area contributed by atoms with E-state index in [1.807, 2.05) is 29.0 Å². The number of carbonyl (C=O) groups is 1. The normalized spacial score (nSPS) is 15.4. The molecular weight excluding hydrogens is 306 g/mol. The summed E-state index contributed by atoms with van der Waals surface area (Å²) >= 11 is 3.42. The molecule has 1 fully saturated rings. The fourth-order valence-electron chi connectivity index (χ4n) is 2.14. The van der Waals surface area contributed by atoms with Crippen LogP contribution in [0.5, 0.6) is 0 Å². The third-order valence-corrected chi connectivity index (χ3v) is 3.89. The van der Waals surface area contributed by atoms with Gasteiger partial charge in [-0.2, -0.15) is 0 Å². The van der Waals surface area contributed by atoms with Crippen molar-refractivity contribution in [3.63, 3.8) is 0 Å². The van der Waals surface area contributed by atoms with Gasteiger partial charge in [0.2, 0.25) is 0 Å². The van der Waals surface area contributed by atoms with Crippen molar-refractivity contribution >= 4 is 22.0 Å². The van der Waals surface area contributed by atoms with Crippen LogP contribution in [0.4, 0.5) is 4.79 Å². The smallest absolute Gasteiger partial charge is 0.319 e. The molecule has 1 aromatic carbocycles. The van der Waals surface area contributed by atoms with E-state index in [1.165, 1.54) is 5.56 Å². The van der Waals surface area contributed by atoms with E-state index in [-0.39, 0.29) is 6.03 Å². The Morgan fingerprint density at radius 2 is 1.95 bits per heavy atom. The molecule has 0 unspecified atom stereocenters. The summed E-state index contributed by atoms with van der Waals surface area (Å²) < 4.78 is 1.08. The Bertz CT molecular complexity index is 415. The predicted octanol–water partition coefficient (Wildman–Crippen LogP) is 1.95. The average Bonchev–Trinajstić information content (AvgIpc) is 2.46. The zero-order chi connectivity index (χ0) is 13.7. The molecule has 0 bridgehead atoms. The van der Waals surface area contributed by atoms with Crippen molar-refractivity contribution < 1.29 is 4.79 Å². The first-order chi connectivity index (χ1) is 9.16. The molecule has 1 aromatic rings. The number of likely N-dealkylation sites (N-methyl/N-ethyl adjacent to an activating group) is 1. The van der Waals surface area contributed by atoms with E-state index in [0.29, 0.717) is 0 Å². The summed E-state index contributed by atoms with van der Waals surface area (Å²) in [7, 11) is 1.88. The van der Waals surface area contributed by atoms with Crippen molar-refractivity contribution in [2.24, 2.45) is 0 Å². The third-order valence-electron chi connectivity index (χ3n) is 3.36. The minimum Gasteiger partial charge on any atom is -0.327 e. The summed E-state index contributed by atoms with van der Waals surface area (Å²) in [4.78, 5) is 15.9. The van der Waals surface area contributed by atoms with Gasteiger partial charge in [0.1, 0.15) is 0 Å². The van der Waals surface area contributed by atoms with Crippen LogP contribution in [0.15, 0.2) is 28.7 Å². The average molecular weight is 326 g/mol. The number of halogens is 1. The Kier molecular flexibility index (Phi) is 5.22. The Hall–Kier alpha value is -1.07. The van der Waals surface area contributed by atoms with Crippen molar-refractivity contribution in [1.82, 2.24) is 15.1 Å². The second-order valence-corrected chi connectivity index (χ2v) is 5.73. The topological polar surface area (TPSA) is 35.6 Å². The summed E-state index contributed by atoms with van der Waals surface area (Å²) in [6.07, 6.45) is 0.890. The standard InChI is InChI=1S/C14H20BrN3O/c1-17(14(19)18-10-7-16-8-11-18)9-6-12-2-4-13(15)5-3-12/h2-5,16H,6-11H2,1H3. The lowest BCUT2D eigenvalue weighted by Crippen LogP contribution is -2.50. The van der Waals surface area contributed by atoms with Gasteiger partial charge in [0.25, 0.3) is 0 Å². The van der Waals surface area contributed by atoms with Crippen LogP contribution in [0.2, 0.25) is 0 Å². The van der Waals surface area contributed by atoms with Crippen LogP contribution in [-0.2, 0) is 6.42 Å². The van der Waals surface area contributed by atoms with E-state index >= 15 is 0 Å². The molecule has 1 saturated heterocycles. The highest BCUT2D eigenvalue weighted by Crippen LogP contribution is 2.11. The molecule has 2 rings (SSSR count). The van der Waals surface area contributed by atoms with Crippen molar-refractivity contribution in [2.45, 2.75) is 6.42 Å². The first kappa shape index (κ1) is 14.3. The Morgan fingerprint density at radius 1 is 1.32 bits per heavy atom. The van der Waals surface area contributed by atoms with Gasteiger partial charge in [0, 0.05) is 44.2 Å². The third kappa shape index (κ3) is 4.21. The first-order valence-electron chi connectivity index (χ1n) is 6.62. The predicted molar refractivity (Wildman–Crippen MR) is 80.3 cm³/mol. The van der Waals surface area contributed by atoms with Gasteiger partial charge in [0.05, 0.1) is 0 Å². The van der Waals surface area contributed by atoms with Crippen molar-refractivity contribution in [1.29, 1.82) is 0 Å². The summed E-state index contributed by atoms with van der Waals surface area (Å²) in [6.45, 7) is 4.16. The summed E-state index contributed by atoms with van der Waals surface area (Å²) in [5.41, 5.74) is 1.25. The fourth-order valence-corrected chi connectivity index (χ4v) is 2.41. The molecule has 4 nitrogen and oxygen atoms in total. The molecule has 0 radical (unpaired) electrons. The molecular formula is C14H20BrN3O. The van der Waals surface area contributed by atoms with Crippen LogP contribution >= 0.6 is 15.9 Å². The highest BCUT2D eigenvalue weighted by atomic mass is 79.9. The van der Waals surface area contributed by atoms with Gasteiger partial charge >= 0.3 is 6.03 Å². The van der Waals surface area contributed by atoms with Gasteiger partial charge < -0.3 is 15.1 Å². The summed E-state index contributed by atoms with van der Waals surface area (Å²) in [5, 5.41) is 3.25. The molecule has 104 valence electrons. The van der Waals surface area contributed by atoms with Gasteiger partial charge in [-0.15, -0.1) is 0 Å². The number of benzene rings is 1. The number of amides is 2. The maximum atomic E-state index is 12.2. The molecule has 5 heteroatoms. The summed E-state index contributed by atoms with van der Waals surface area (Å²) in [6, 6.07) is 8.39. The van der Waals surface area contributed by atoms with E-state index in [1.54, 1.807) is 0 Å². The fraction of sp³-hybridized carbons (Fsp3) is 0.500. The zero-order valence-corrected chi connectivity index (χ0v) is 12.8. The maximum absolute atomic E-state index is 12.2. The van der Waals surface area contributed by atoms with Gasteiger partial charge in [-0.25, -0.2) is 4.79 Å². The van der Waals surface area contributed by atoms with E-state index < -0.39 is 0 Å². The molecule has 1 heterocycles. The zero-order valence-electron chi connectivity index (χ0n) is 11.2. The first-order valence-corrected chi connectivity index (χ1v) is 7.41. The van der Waals surface area contributed by atoms with Crippen LogP contribution < -0.4 is 5.32 Å². The van der Waals surface area contributed by atoms with Gasteiger partial charge in [-0.3, -0.25) is 0 Å². The number of urea groups is 1. The lowest BCUT2D eigenvalue weighted by atomic mass is 10.1. The molecule has 0 aromatic heterocycles. The number of piperazine rings is 1. The van der Waals surface area contributed by atoms with Crippen LogP contribution in [0, 0.1) is 0 Å². The molecule has 1 N–H and O–H groups in total. The molecule has 19 heavy (non-hydrogen) atoms. The van der Waals surface area contributed by atoms with Crippen LogP contribution in [-0.4, -0.2) is 55.6 Å². The molecule has 0 aliphatic carbocycles. The number of hydrogen-bond acceptors (Lipinski definition) is 2. The van der Waals surface area contributed by atoms with Gasteiger partial charge in [-0.1, -0.05) is 28.1 Å². The molecule has 2 amide bonds. The minimum absolute atomic E-state index is 0.138. The van der Waals surface area contributed by atoms with Crippen molar-refractivity contribution in [2.75, 3.05) is 39.8 Å². The molecule has 0 atom stereocenters. The van der Waals surface area contributed by atoms with Crippen molar-refractivity contribution in [3.05, 3.63) is 34.3 Å². The number of carbonyl (C=O) groups excluding carboxylic acids is 1. The molecule has 1 aliphatic rings. The Balaban J connectivity index is 1.81. The van der Waals surface area contributed by atoms with Crippen LogP contribution in [0.3, 0.4) is 0 Å². The quantitative estimate of drug-likeness (QED) is 0.922. The Labute approximate surface area is 122 Å². The highest BCUT2D eigenvalue weighted by Gasteiger charge is 2.19. The largest absolute Gasteiger partial charge is 0.327 e. The Morgan fingerprint density at radius 3 is 2.58 bits per heavy atom. The highest BCUT2D eigenvalue weighted by molar-refractivity contribution is 9.10. The lowest BCUT2D eigenvalue weighted by Gasteiger charge is -2.31. The van der Waals surface area contributed by atoms with E-state index in [9.17, 15) is 4.79 Å². The minimum atomic E-state index is 0.138. The maximum Gasteiger partial charge on any atom is 0.319 e. The number of rotatable bonds is 3. The van der Waals surface area contributed by atoms with E-state index in [0.717, 1.165) is 43.6 Å². The second kappa shape index (κ2) is 6.91. The van der Waals surface area contributed by atoms with Gasteiger partial charge in [0.15, 0.2) is 0 Å². The lowest BCUT2D eigenvalue weighted by molar-refractivity contribution is 0.156. The monoisotopic (exact) mass is 325 g/mol. The van der Waals surface area contributed by atoms with Crippen molar-refractivity contribution in [3.8, 4) is 0 Å². The van der Waals surface area contributed by atoms with Crippen LogP contribution in [0.25, 0.3) is 0 Å². The number of nitrogens with zero attached hydrogens (tertiary/aromatic N) is 2.